The van der Waals surface area contributed by atoms with Gasteiger partial charge >= 0.3 is 0 Å². The van der Waals surface area contributed by atoms with Gasteiger partial charge in [-0.25, -0.2) is 9.97 Å². The van der Waals surface area contributed by atoms with Crippen LogP contribution in [0.2, 0.25) is 0 Å². The Bertz CT molecular complexity index is 2480. The van der Waals surface area contributed by atoms with Gasteiger partial charge in [0.25, 0.3) is 0 Å². The van der Waals surface area contributed by atoms with Crippen molar-refractivity contribution in [1.29, 1.82) is 0 Å². The van der Waals surface area contributed by atoms with Crippen LogP contribution in [0, 0.1) is 0 Å². The quantitative estimate of drug-likeness (QED) is 0.171. The molecule has 0 atom stereocenters. The summed E-state index contributed by atoms with van der Waals surface area (Å²) in [6.45, 7) is 0. The fourth-order valence-corrected chi connectivity index (χ4v) is 7.88. The molecule has 0 radical (unpaired) electrons. The largest absolute Gasteiger partial charge is 0.310 e. The lowest BCUT2D eigenvalue weighted by Gasteiger charge is -2.25. The molecule has 0 fully saturated rings. The Hall–Kier alpha value is -6.36. The SMILES string of the molecule is c1ccc(-c2cc(-c3ccccc3)nc(-c3cccc(-c4cccc5sc6cc(N(c7ccccc7)c7ccccc7)ccc6c45)c3)n2)cc1. The summed E-state index contributed by atoms with van der Waals surface area (Å²) < 4.78 is 2.52. The summed E-state index contributed by atoms with van der Waals surface area (Å²) in [7, 11) is 0. The van der Waals surface area contributed by atoms with Gasteiger partial charge in [0, 0.05) is 53.9 Å². The first-order chi connectivity index (χ1) is 24.8. The van der Waals surface area contributed by atoms with Crippen molar-refractivity contribution in [3.63, 3.8) is 0 Å². The van der Waals surface area contributed by atoms with Crippen molar-refractivity contribution < 1.29 is 0 Å². The molecule has 0 unspecified atom stereocenters. The maximum Gasteiger partial charge on any atom is 0.160 e. The molecule has 0 bridgehead atoms. The Morgan fingerprint density at radius 3 is 1.54 bits per heavy atom. The summed E-state index contributed by atoms with van der Waals surface area (Å²) in [5, 5.41) is 2.52. The van der Waals surface area contributed by atoms with E-state index in [0.29, 0.717) is 5.82 Å². The van der Waals surface area contributed by atoms with Gasteiger partial charge in [0.15, 0.2) is 5.82 Å². The molecule has 3 nitrogen and oxygen atoms in total. The predicted molar refractivity (Wildman–Crippen MR) is 211 cm³/mol. The fourth-order valence-electron chi connectivity index (χ4n) is 6.71. The summed E-state index contributed by atoms with van der Waals surface area (Å²) >= 11 is 1.84. The second-order valence-electron chi connectivity index (χ2n) is 12.2. The molecular formula is C46H31N3S. The third-order valence-electron chi connectivity index (χ3n) is 9.06. The van der Waals surface area contributed by atoms with E-state index in [4.69, 9.17) is 9.97 Å². The minimum Gasteiger partial charge on any atom is -0.310 e. The molecule has 236 valence electrons. The topological polar surface area (TPSA) is 29.0 Å². The van der Waals surface area contributed by atoms with Crippen molar-refractivity contribution >= 4 is 48.6 Å². The lowest BCUT2D eigenvalue weighted by atomic mass is 9.97. The number of fused-ring (bicyclic) bond motifs is 3. The minimum atomic E-state index is 0.709. The van der Waals surface area contributed by atoms with E-state index in [2.05, 4.69) is 181 Å². The van der Waals surface area contributed by atoms with E-state index in [-0.39, 0.29) is 0 Å². The smallest absolute Gasteiger partial charge is 0.160 e. The molecular weight excluding hydrogens is 627 g/mol. The number of nitrogens with zero attached hydrogens (tertiary/aromatic N) is 3. The number of thiophene rings is 1. The summed E-state index contributed by atoms with van der Waals surface area (Å²) in [5.74, 6) is 0.709. The first-order valence-corrected chi connectivity index (χ1v) is 17.6. The van der Waals surface area contributed by atoms with E-state index in [1.54, 1.807) is 0 Å². The summed E-state index contributed by atoms with van der Waals surface area (Å²) in [6, 6.07) is 66.1. The number of hydrogen-bond acceptors (Lipinski definition) is 4. The molecule has 9 aromatic rings. The third kappa shape index (κ3) is 5.62. The molecule has 0 aliphatic carbocycles. The first-order valence-electron chi connectivity index (χ1n) is 16.7. The molecule has 50 heavy (non-hydrogen) atoms. The van der Waals surface area contributed by atoms with Crippen LogP contribution < -0.4 is 4.90 Å². The van der Waals surface area contributed by atoms with Gasteiger partial charge in [-0.2, -0.15) is 0 Å². The highest BCUT2D eigenvalue weighted by Crippen LogP contribution is 2.44. The Kier molecular flexibility index (Phi) is 7.69. The molecule has 0 aliphatic heterocycles. The standard InChI is InChI=1S/C46H31N3S/c1-5-15-32(16-6-1)41-31-42(33-17-7-2-8-18-33)48-46(47-41)35-20-13-19-34(29-35)39-25-14-26-43-45(39)40-28-27-38(30-44(40)50-43)49(36-21-9-3-10-22-36)37-23-11-4-12-24-37/h1-31H. The van der Waals surface area contributed by atoms with Crippen LogP contribution in [-0.4, -0.2) is 9.97 Å². The zero-order valence-corrected chi connectivity index (χ0v) is 28.0. The average molecular weight is 658 g/mol. The van der Waals surface area contributed by atoms with Crippen molar-refractivity contribution in [2.75, 3.05) is 4.90 Å². The maximum atomic E-state index is 5.10. The Morgan fingerprint density at radius 1 is 0.380 bits per heavy atom. The van der Waals surface area contributed by atoms with Crippen molar-refractivity contribution in [3.05, 3.63) is 188 Å². The average Bonchev–Trinajstić information content (AvgIpc) is 3.58. The van der Waals surface area contributed by atoms with Gasteiger partial charge in [-0.05, 0) is 65.7 Å². The zero-order valence-electron chi connectivity index (χ0n) is 27.1. The number of para-hydroxylation sites is 2. The second-order valence-corrected chi connectivity index (χ2v) is 13.3. The molecule has 0 amide bonds. The third-order valence-corrected chi connectivity index (χ3v) is 10.2. The van der Waals surface area contributed by atoms with Crippen LogP contribution in [0.15, 0.2) is 188 Å². The molecule has 2 aromatic heterocycles. The molecule has 0 N–H and O–H groups in total. The highest BCUT2D eigenvalue weighted by molar-refractivity contribution is 7.26. The lowest BCUT2D eigenvalue weighted by Crippen LogP contribution is -2.09. The molecule has 0 saturated carbocycles. The first kappa shape index (κ1) is 29.8. The molecule has 2 heterocycles. The summed E-state index contributed by atoms with van der Waals surface area (Å²) in [6.07, 6.45) is 0. The highest BCUT2D eigenvalue weighted by Gasteiger charge is 2.17. The van der Waals surface area contributed by atoms with Gasteiger partial charge < -0.3 is 4.90 Å². The Morgan fingerprint density at radius 2 is 0.920 bits per heavy atom. The van der Waals surface area contributed by atoms with Crippen LogP contribution in [0.25, 0.3) is 65.2 Å². The van der Waals surface area contributed by atoms with Gasteiger partial charge in [-0.1, -0.05) is 133 Å². The maximum absolute atomic E-state index is 5.10. The molecule has 0 saturated heterocycles. The van der Waals surface area contributed by atoms with E-state index < -0.39 is 0 Å². The lowest BCUT2D eigenvalue weighted by molar-refractivity contribution is 1.18. The van der Waals surface area contributed by atoms with Crippen molar-refractivity contribution in [2.45, 2.75) is 0 Å². The normalized spacial score (nSPS) is 11.2. The van der Waals surface area contributed by atoms with Crippen LogP contribution in [-0.2, 0) is 0 Å². The van der Waals surface area contributed by atoms with Crippen LogP contribution in [0.5, 0.6) is 0 Å². The van der Waals surface area contributed by atoms with Gasteiger partial charge in [0.2, 0.25) is 0 Å². The Labute approximate surface area is 295 Å². The number of rotatable bonds is 7. The molecule has 7 aromatic carbocycles. The summed E-state index contributed by atoms with van der Waals surface area (Å²) in [5.41, 5.74) is 10.7. The van der Waals surface area contributed by atoms with E-state index in [1.807, 2.05) is 23.5 Å². The Balaban J connectivity index is 1.16. The second kappa shape index (κ2) is 12.9. The van der Waals surface area contributed by atoms with Crippen molar-refractivity contribution in [2.24, 2.45) is 0 Å². The summed E-state index contributed by atoms with van der Waals surface area (Å²) in [4.78, 5) is 12.5. The predicted octanol–water partition coefficient (Wildman–Crippen LogP) is 13.0. The number of hydrogen-bond donors (Lipinski definition) is 0. The fraction of sp³-hybridized carbons (Fsp3) is 0. The highest BCUT2D eigenvalue weighted by atomic mass is 32.1. The van der Waals surface area contributed by atoms with Crippen molar-refractivity contribution in [1.82, 2.24) is 9.97 Å². The van der Waals surface area contributed by atoms with Gasteiger partial charge in [0.1, 0.15) is 0 Å². The monoisotopic (exact) mass is 657 g/mol. The molecule has 0 aliphatic rings. The van der Waals surface area contributed by atoms with Gasteiger partial charge in [-0.3, -0.25) is 0 Å². The number of anilines is 3. The molecule has 9 rings (SSSR count). The number of benzene rings is 7. The number of aromatic nitrogens is 2. The minimum absolute atomic E-state index is 0.709. The van der Waals surface area contributed by atoms with E-state index in [1.165, 1.54) is 25.7 Å². The van der Waals surface area contributed by atoms with Crippen molar-refractivity contribution in [3.8, 4) is 45.0 Å². The molecule has 0 spiro atoms. The van der Waals surface area contributed by atoms with E-state index in [9.17, 15) is 0 Å². The van der Waals surface area contributed by atoms with Crippen LogP contribution in [0.4, 0.5) is 17.1 Å². The van der Waals surface area contributed by atoms with Crippen LogP contribution in [0.3, 0.4) is 0 Å². The zero-order chi connectivity index (χ0) is 33.3. The molecule has 4 heteroatoms. The van der Waals surface area contributed by atoms with Gasteiger partial charge in [0.05, 0.1) is 11.4 Å². The van der Waals surface area contributed by atoms with E-state index >= 15 is 0 Å². The van der Waals surface area contributed by atoms with Crippen LogP contribution >= 0.6 is 11.3 Å². The van der Waals surface area contributed by atoms with Gasteiger partial charge in [-0.15, -0.1) is 11.3 Å². The van der Waals surface area contributed by atoms with E-state index in [0.717, 1.165) is 50.7 Å². The van der Waals surface area contributed by atoms with Crippen LogP contribution in [0.1, 0.15) is 0 Å².